The fraction of sp³-hybridized carbons (Fsp3) is 0.0606. The monoisotopic (exact) mass is 476 g/mol. The van der Waals surface area contributed by atoms with Crippen molar-refractivity contribution in [1.29, 1.82) is 0 Å². The van der Waals surface area contributed by atoms with Crippen molar-refractivity contribution in [3.63, 3.8) is 0 Å². The molecular weight excluding hydrogens is 452 g/mol. The molecule has 0 saturated heterocycles. The Morgan fingerprint density at radius 2 is 1.16 bits per heavy atom. The lowest BCUT2D eigenvalue weighted by Crippen LogP contribution is -2.03. The molecule has 0 atom stereocenters. The summed E-state index contributed by atoms with van der Waals surface area (Å²) < 4.78 is 2.32. The molecule has 6 aromatic rings. The van der Waals surface area contributed by atoms with E-state index in [2.05, 4.69) is 95.6 Å². The van der Waals surface area contributed by atoms with Gasteiger partial charge >= 0.3 is 0 Å². The lowest BCUT2D eigenvalue weighted by Gasteiger charge is -2.12. The molecule has 4 aromatic carbocycles. The number of aromatic nitrogens is 4. The van der Waals surface area contributed by atoms with Gasteiger partial charge in [0, 0.05) is 33.2 Å². The van der Waals surface area contributed by atoms with Gasteiger partial charge in [0.1, 0.15) is 0 Å². The van der Waals surface area contributed by atoms with Crippen LogP contribution in [-0.4, -0.2) is 19.5 Å². The van der Waals surface area contributed by atoms with E-state index in [0.29, 0.717) is 17.5 Å². The number of fused-ring (bicyclic) bond motifs is 3. The molecule has 0 spiro atoms. The summed E-state index contributed by atoms with van der Waals surface area (Å²) in [5.74, 6) is 2.07. The van der Waals surface area contributed by atoms with E-state index in [0.717, 1.165) is 35.2 Å². The van der Waals surface area contributed by atoms with Gasteiger partial charge in [-0.1, -0.05) is 97.1 Å². The van der Waals surface area contributed by atoms with Gasteiger partial charge in [-0.05, 0) is 37.1 Å². The zero-order valence-electron chi connectivity index (χ0n) is 20.3. The van der Waals surface area contributed by atoms with E-state index >= 15 is 0 Å². The van der Waals surface area contributed by atoms with Crippen LogP contribution in [0.25, 0.3) is 55.8 Å². The Kier molecular flexibility index (Phi) is 5.21. The molecule has 4 nitrogen and oxygen atoms in total. The highest BCUT2D eigenvalue weighted by molar-refractivity contribution is 6.09. The average Bonchev–Trinajstić information content (AvgIpc) is 3.32. The van der Waals surface area contributed by atoms with Gasteiger partial charge in [0.2, 0.25) is 0 Å². The Morgan fingerprint density at radius 1 is 0.541 bits per heavy atom. The van der Waals surface area contributed by atoms with Gasteiger partial charge in [0.15, 0.2) is 17.5 Å². The van der Waals surface area contributed by atoms with Crippen LogP contribution in [0.4, 0.5) is 0 Å². The van der Waals surface area contributed by atoms with Gasteiger partial charge in [-0.3, -0.25) is 0 Å². The quantitative estimate of drug-likeness (QED) is 0.259. The second-order valence-electron chi connectivity index (χ2n) is 9.23. The van der Waals surface area contributed by atoms with E-state index in [1.54, 1.807) is 0 Å². The van der Waals surface area contributed by atoms with Gasteiger partial charge < -0.3 is 4.57 Å². The minimum absolute atomic E-state index is 0.673. The van der Waals surface area contributed by atoms with E-state index in [1.807, 2.05) is 30.3 Å². The Morgan fingerprint density at radius 3 is 1.86 bits per heavy atom. The van der Waals surface area contributed by atoms with Crippen LogP contribution in [0.2, 0.25) is 0 Å². The Labute approximate surface area is 215 Å². The predicted molar refractivity (Wildman–Crippen MR) is 151 cm³/mol. The number of benzene rings is 4. The molecule has 0 saturated carbocycles. The minimum Gasteiger partial charge on any atom is -0.309 e. The summed E-state index contributed by atoms with van der Waals surface area (Å²) in [4.78, 5) is 14.7. The highest BCUT2D eigenvalue weighted by Gasteiger charge is 2.16. The smallest absolute Gasteiger partial charge is 0.164 e. The minimum atomic E-state index is 0.673. The van der Waals surface area contributed by atoms with Crippen LogP contribution in [0, 0.1) is 0 Å². The third-order valence-electron chi connectivity index (χ3n) is 6.86. The molecule has 2 aromatic heterocycles. The molecule has 0 bridgehead atoms. The largest absolute Gasteiger partial charge is 0.309 e. The topological polar surface area (TPSA) is 43.6 Å². The molecule has 4 heteroatoms. The second kappa shape index (κ2) is 8.99. The van der Waals surface area contributed by atoms with Crippen molar-refractivity contribution in [2.75, 3.05) is 0 Å². The number of rotatable bonds is 4. The maximum absolute atomic E-state index is 4.95. The van der Waals surface area contributed by atoms with Gasteiger partial charge in [-0.25, -0.2) is 15.0 Å². The summed E-state index contributed by atoms with van der Waals surface area (Å²) in [6, 6.07) is 35.7. The molecule has 0 N–H and O–H groups in total. The summed E-state index contributed by atoms with van der Waals surface area (Å²) in [5, 5.41) is 2.49. The number of para-hydroxylation sites is 2. The number of hydrogen-bond donors (Lipinski definition) is 0. The number of allylic oxidation sites excluding steroid dienone is 4. The van der Waals surface area contributed by atoms with Crippen LogP contribution in [0.1, 0.15) is 18.7 Å². The lowest BCUT2D eigenvalue weighted by atomic mass is 10.1. The first-order valence-electron chi connectivity index (χ1n) is 12.6. The fourth-order valence-corrected chi connectivity index (χ4v) is 5.11. The van der Waals surface area contributed by atoms with Crippen molar-refractivity contribution in [1.82, 2.24) is 19.5 Å². The molecular formula is C33H24N4. The van der Waals surface area contributed by atoms with Crippen LogP contribution < -0.4 is 0 Å². The molecule has 7 rings (SSSR count). The van der Waals surface area contributed by atoms with E-state index in [4.69, 9.17) is 15.0 Å². The fourth-order valence-electron chi connectivity index (χ4n) is 5.11. The van der Waals surface area contributed by atoms with E-state index in [-0.39, 0.29) is 0 Å². The van der Waals surface area contributed by atoms with Gasteiger partial charge in [-0.15, -0.1) is 0 Å². The van der Waals surface area contributed by atoms with Crippen molar-refractivity contribution in [2.24, 2.45) is 0 Å². The summed E-state index contributed by atoms with van der Waals surface area (Å²) in [5.41, 5.74) is 6.42. The zero-order valence-corrected chi connectivity index (χ0v) is 20.3. The molecule has 0 fully saturated rings. The third kappa shape index (κ3) is 3.83. The summed E-state index contributed by atoms with van der Waals surface area (Å²) in [6.45, 7) is 0. The molecule has 0 amide bonds. The first kappa shape index (κ1) is 21.5. The average molecular weight is 477 g/mol. The van der Waals surface area contributed by atoms with E-state index in [9.17, 15) is 0 Å². The Hall–Kier alpha value is -4.83. The van der Waals surface area contributed by atoms with Crippen LogP contribution in [0.5, 0.6) is 0 Å². The molecule has 0 unspecified atom stereocenters. The normalized spacial score (nSPS) is 13.2. The standard InChI is InChI=1S/C33H24N4/c1-3-12-23(13-4-1)31-34-32(24-14-5-2-6-15-24)36-33(35-31)25-16-11-17-26(22-25)37-29-20-9-7-18-27(29)28-19-8-10-21-30(28)37/h1,3-5,7-22H,2,6H2. The van der Waals surface area contributed by atoms with Crippen LogP contribution in [0.15, 0.2) is 121 Å². The molecule has 1 aliphatic carbocycles. The van der Waals surface area contributed by atoms with Crippen molar-refractivity contribution >= 4 is 27.4 Å². The maximum Gasteiger partial charge on any atom is 0.164 e. The molecule has 0 radical (unpaired) electrons. The SMILES string of the molecule is C1=CC(c2nc(-c3ccccc3)nc(-c3cccc(-n4c5ccccc5c5ccccc54)c3)n2)=CCC1. The molecule has 2 heterocycles. The Bertz CT molecular complexity index is 1770. The molecule has 176 valence electrons. The van der Waals surface area contributed by atoms with Gasteiger partial charge in [0.05, 0.1) is 11.0 Å². The van der Waals surface area contributed by atoms with Crippen molar-refractivity contribution < 1.29 is 0 Å². The number of hydrogen-bond acceptors (Lipinski definition) is 3. The Balaban J connectivity index is 1.42. The lowest BCUT2D eigenvalue weighted by molar-refractivity contribution is 1.01. The van der Waals surface area contributed by atoms with E-state index < -0.39 is 0 Å². The van der Waals surface area contributed by atoms with Crippen molar-refractivity contribution in [3.05, 3.63) is 127 Å². The van der Waals surface area contributed by atoms with Crippen LogP contribution >= 0.6 is 0 Å². The van der Waals surface area contributed by atoms with E-state index in [1.165, 1.54) is 21.8 Å². The van der Waals surface area contributed by atoms with Crippen LogP contribution in [0.3, 0.4) is 0 Å². The van der Waals surface area contributed by atoms with Crippen molar-refractivity contribution in [3.8, 4) is 28.5 Å². The highest BCUT2D eigenvalue weighted by atomic mass is 15.0. The third-order valence-corrected chi connectivity index (χ3v) is 6.86. The first-order valence-corrected chi connectivity index (χ1v) is 12.6. The first-order chi connectivity index (χ1) is 18.3. The summed E-state index contributed by atoms with van der Waals surface area (Å²) >= 11 is 0. The predicted octanol–water partition coefficient (Wildman–Crippen LogP) is 8.04. The zero-order chi connectivity index (χ0) is 24.6. The molecule has 0 aliphatic heterocycles. The maximum atomic E-state index is 4.95. The summed E-state index contributed by atoms with van der Waals surface area (Å²) in [7, 11) is 0. The molecule has 1 aliphatic rings. The van der Waals surface area contributed by atoms with Crippen LogP contribution in [-0.2, 0) is 0 Å². The summed E-state index contributed by atoms with van der Waals surface area (Å²) in [6.07, 6.45) is 8.56. The molecule has 37 heavy (non-hydrogen) atoms. The van der Waals surface area contributed by atoms with Gasteiger partial charge in [-0.2, -0.15) is 0 Å². The van der Waals surface area contributed by atoms with Crippen molar-refractivity contribution in [2.45, 2.75) is 12.8 Å². The second-order valence-corrected chi connectivity index (χ2v) is 9.23. The van der Waals surface area contributed by atoms with Gasteiger partial charge in [0.25, 0.3) is 0 Å². The highest BCUT2D eigenvalue weighted by Crippen LogP contribution is 2.33. The number of nitrogens with zero attached hydrogens (tertiary/aromatic N) is 4.